The lowest BCUT2D eigenvalue weighted by Gasteiger charge is -2.26. The van der Waals surface area contributed by atoms with Gasteiger partial charge in [0.2, 0.25) is 0 Å². The summed E-state index contributed by atoms with van der Waals surface area (Å²) >= 11 is 0. The maximum absolute atomic E-state index is 12.7. The topological polar surface area (TPSA) is 932 Å². The molecule has 0 aromatic rings. The molecular weight excluding hydrogens is 1750 g/mol. The second kappa shape index (κ2) is 46.6. The third kappa shape index (κ3) is 29.9. The number of nitrogens with zero attached hydrogens (tertiary/aromatic N) is 11. The molecule has 0 amide bonds. The molecule has 0 spiro atoms. The molecule has 0 bridgehead atoms. The molecule has 7 rings (SSSR count). The van der Waals surface area contributed by atoms with E-state index in [1.54, 1.807) is 12.1 Å². The Bertz CT molecular complexity index is 4380. The molecule has 2 saturated carbocycles. The maximum atomic E-state index is 12.7. The molecule has 7 aliphatic rings. The Labute approximate surface area is 721 Å². The molecule has 54 nitrogen and oxygen atoms in total. The fraction of sp³-hybridized carbons (Fsp3) is 0.850. The van der Waals surface area contributed by atoms with Crippen molar-refractivity contribution in [3.05, 3.63) is 22.8 Å². The van der Waals surface area contributed by atoms with Gasteiger partial charge in [0, 0.05) is 128 Å². The van der Waals surface area contributed by atoms with Gasteiger partial charge >= 0.3 is 88.1 Å². The standard InChI is InChI=1S/C14H26BN3O7S.2C12H24BN5O6S.2C11H22BN5O6S/c16-12(3-4-12)13(5-6-13)25-26(23,24)18-8-10(2-1-7-15(21)22)14(17,9-18)11(19)20;1-16-10(6-14)17(2)25(23,24)18-7-9(4-3-5-13(21)22)12(15,8-18)11(19)20;1-17(7-10(15)5-14)25(23,24)18-6-9(3-2-4-13(21)22)12(16,8-18)11(19)20;1-15-9(5-13)16-24(22,23)17-6-8(3-2-4-12(20)21)11(14,7-17)10(18)19;13-4-9(14)5-16-24(22,23)17-6-8(2-1-3-12(20)21)11(15,7-17)10(18)19/h10,21-22H,1-9,16-17H2,(H,19,20);9-10,21-22H,3-8,14-15H2,2H3,(H,19,20);9-10,21-22H,2-4,6-8,15-16H2,1H3,(H,19,20);8-9,16,20-21H,2-7,13-14H2,(H,18,19);8-9,16,20-21H,1-3,5-7,14-15H2,(H,18,19)/t10-,14-;2*9-,10?,12-;2*8-,9?,11-/m00000/s1. The highest BCUT2D eigenvalue weighted by Crippen LogP contribution is 2.59. The summed E-state index contributed by atoms with van der Waals surface area (Å²) in [6.07, 6.45) is 3.15. The van der Waals surface area contributed by atoms with Gasteiger partial charge in [-0.25, -0.2) is 17.3 Å². The summed E-state index contributed by atoms with van der Waals surface area (Å²) in [5.41, 5.74) is 47.0. The van der Waals surface area contributed by atoms with E-state index in [4.69, 9.17) is 135 Å². The van der Waals surface area contributed by atoms with Crippen LogP contribution in [0, 0.1) is 65.4 Å². The highest BCUT2D eigenvalue weighted by molar-refractivity contribution is 7.87. The fourth-order valence-electron chi connectivity index (χ4n) is 14.6. The highest BCUT2D eigenvalue weighted by atomic mass is 32.2. The highest BCUT2D eigenvalue weighted by Gasteiger charge is 2.68. The Morgan fingerprint density at radius 3 is 1.05 bits per heavy atom. The van der Waals surface area contributed by atoms with Crippen molar-refractivity contribution in [3.8, 4) is 12.1 Å². The molecule has 124 heavy (non-hydrogen) atoms. The largest absolute Gasteiger partial charge is 0.480 e. The summed E-state index contributed by atoms with van der Waals surface area (Å²) in [6.45, 7) is 10.2. The van der Waals surface area contributed by atoms with E-state index in [9.17, 15) is 91.6 Å². The first kappa shape index (κ1) is 112. The van der Waals surface area contributed by atoms with Crippen LogP contribution in [-0.4, -0.2) is 382 Å². The molecule has 4 unspecified atom stereocenters. The Morgan fingerprint density at radius 1 is 0.476 bits per heavy atom. The minimum absolute atomic E-state index is 0.0319. The molecule has 0 aromatic carbocycles. The summed E-state index contributed by atoms with van der Waals surface area (Å²) in [7, 11) is -25.6. The first-order valence-corrected chi connectivity index (χ1v) is 45.8. The number of hydrogen-bond acceptors (Lipinski definition) is 38. The van der Waals surface area contributed by atoms with Crippen LogP contribution in [-0.2, 0) is 79.3 Å². The number of nitrogens with one attached hydrogen (secondary N) is 2. The number of carboxylic acid groups (broad SMARTS) is 5. The van der Waals surface area contributed by atoms with Crippen LogP contribution in [0.2, 0.25) is 31.6 Å². The molecule has 5 aliphatic heterocycles. The second-order valence-electron chi connectivity index (χ2n) is 31.9. The van der Waals surface area contributed by atoms with Gasteiger partial charge in [-0.2, -0.15) is 83.2 Å². The number of likely N-dealkylation sites (N-methyl/N-ethyl adjacent to an activating group) is 2. The number of carbonyl (C=O) groups is 5. The Morgan fingerprint density at radius 2 is 0.774 bits per heavy atom. The quantitative estimate of drug-likeness (QED) is 0.0199. The summed E-state index contributed by atoms with van der Waals surface area (Å²) in [5.74, 6) is -10.0. The monoisotopic (exact) mass is 1870 g/mol. The molecule has 0 radical (unpaired) electrons. The van der Waals surface area contributed by atoms with E-state index < -0.39 is 236 Å². The van der Waals surface area contributed by atoms with Gasteiger partial charge in [0.25, 0.3) is 40.8 Å². The van der Waals surface area contributed by atoms with Crippen LogP contribution in [0.4, 0.5) is 0 Å². The number of hydrogen-bond donors (Lipinski definition) is 27. The normalized spacial score (nSPS) is 27.2. The lowest BCUT2D eigenvalue weighted by Crippen LogP contribution is -2.55. The zero-order valence-corrected chi connectivity index (χ0v) is 72.5. The summed E-state index contributed by atoms with van der Waals surface area (Å²) in [6, 6.07) is 1.37. The molecular formula is C60H118B5N23O31S5. The first-order valence-electron chi connectivity index (χ1n) is 38.8. The molecule has 0 aromatic heterocycles. The molecule has 37 N–H and O–H groups in total. The number of nitriles is 2. The van der Waals surface area contributed by atoms with Crippen LogP contribution in [0.5, 0.6) is 0 Å². The van der Waals surface area contributed by atoms with Gasteiger partial charge in [0.1, 0.15) is 45.4 Å². The summed E-state index contributed by atoms with van der Waals surface area (Å²) < 4.78 is 141. The SMILES string of the molecule is CN(CC(N)C#N)S(=O)(=O)N1C[C@H](CCCB(O)O)[C@](N)(C(=O)O)C1.N#CC(N)CNS(=O)(=O)N1C[C@H](CCCB(O)O)[C@](N)(C(=O)O)C1.NC1(C2(OS(=O)(=O)N3C[C@H](CCCB(O)O)[C@](N)(C(=O)O)C3)CC2)CC1.[C-]#[N+]C(CN)N(C)S(=O)(=O)N1C[C@H](CCCB(O)O)[C@](N)(C(=O)O)C1.[C-]#[N+]C(CN)NS(=O)(=O)N1C[C@H](CCCB(O)O)[C@](N)(C(=O)O)C1. The predicted octanol–water partition coefficient (Wildman–Crippen LogP) is -13.8. The molecule has 5 saturated heterocycles. The minimum Gasteiger partial charge on any atom is -0.480 e. The minimum atomic E-state index is -4.17. The van der Waals surface area contributed by atoms with Gasteiger partial charge in [-0.05, 0) is 89.4 Å². The smallest absolute Gasteiger partial charge is 0.451 e. The van der Waals surface area contributed by atoms with Crippen LogP contribution in [0.1, 0.15) is 89.9 Å². The van der Waals surface area contributed by atoms with Crippen LogP contribution >= 0.6 is 0 Å². The van der Waals surface area contributed by atoms with Gasteiger partial charge in [0.05, 0.1) is 25.2 Å². The van der Waals surface area contributed by atoms with Crippen molar-refractivity contribution in [2.75, 3.05) is 106 Å². The van der Waals surface area contributed by atoms with E-state index in [1.165, 1.54) is 14.1 Å². The van der Waals surface area contributed by atoms with Crippen LogP contribution in [0.15, 0.2) is 0 Å². The van der Waals surface area contributed by atoms with E-state index in [-0.39, 0.29) is 155 Å². The van der Waals surface area contributed by atoms with Crippen LogP contribution < -0.4 is 66.8 Å². The van der Waals surface area contributed by atoms with Crippen LogP contribution in [0.25, 0.3) is 9.69 Å². The molecule has 5 heterocycles. The van der Waals surface area contributed by atoms with Gasteiger partial charge < -0.3 is 133 Å². The van der Waals surface area contributed by atoms with Crippen molar-refractivity contribution in [2.45, 2.75) is 185 Å². The van der Waals surface area contributed by atoms with Crippen molar-refractivity contribution < 1.29 is 146 Å². The van der Waals surface area contributed by atoms with E-state index in [1.807, 2.05) is 0 Å². The van der Waals surface area contributed by atoms with Gasteiger partial charge in [0.15, 0.2) is 0 Å². The molecule has 7 fully saturated rings. The lowest BCUT2D eigenvalue weighted by atomic mass is 9.78. The van der Waals surface area contributed by atoms with Crippen molar-refractivity contribution >= 4 is 117 Å². The van der Waals surface area contributed by atoms with Crippen molar-refractivity contribution in [3.63, 3.8) is 0 Å². The first-order chi connectivity index (χ1) is 57.0. The average molecular weight is 1870 g/mol. The van der Waals surface area contributed by atoms with Gasteiger partial charge in [-0.15, -0.1) is 9.03 Å². The second-order valence-corrected chi connectivity index (χ2v) is 40.9. The van der Waals surface area contributed by atoms with Crippen molar-refractivity contribution in [1.82, 2.24) is 39.6 Å². The zero-order chi connectivity index (χ0) is 95.3. The van der Waals surface area contributed by atoms with E-state index in [0.29, 0.717) is 32.1 Å². The van der Waals surface area contributed by atoms with Gasteiger partial charge in [-0.1, -0.05) is 32.1 Å². The Kier molecular flexibility index (Phi) is 42.3. The Balaban J connectivity index is 0.000000400. The number of nitrogens with two attached hydrogens (primary N) is 10. The molecule has 14 atom stereocenters. The van der Waals surface area contributed by atoms with E-state index in [0.717, 1.165) is 30.1 Å². The van der Waals surface area contributed by atoms with Crippen LogP contribution in [0.3, 0.4) is 0 Å². The zero-order valence-electron chi connectivity index (χ0n) is 68.4. The molecule has 2 aliphatic carbocycles. The van der Waals surface area contributed by atoms with E-state index in [2.05, 4.69) is 19.1 Å². The van der Waals surface area contributed by atoms with Crippen molar-refractivity contribution in [2.24, 2.45) is 86.9 Å². The van der Waals surface area contributed by atoms with Crippen molar-refractivity contribution in [1.29, 1.82) is 10.5 Å². The lowest BCUT2D eigenvalue weighted by molar-refractivity contribution is -0.145. The number of aliphatic carboxylic acids is 5. The summed E-state index contributed by atoms with van der Waals surface area (Å²) in [5, 5.41) is 153. The van der Waals surface area contributed by atoms with E-state index >= 15 is 0 Å². The molecule has 64 heteroatoms. The average Bonchev–Trinajstić information content (AvgIpc) is 1.54. The Hall–Kier alpha value is -5.82. The third-order valence-corrected chi connectivity index (χ3v) is 31.0. The molecule has 704 valence electrons. The number of carboxylic acids is 5. The third-order valence-electron chi connectivity index (χ3n) is 22.8. The fourth-order valence-corrected chi connectivity index (χ4v) is 22.0. The van der Waals surface area contributed by atoms with Gasteiger partial charge in [-0.3, -0.25) is 33.7 Å². The number of rotatable bonds is 45. The maximum Gasteiger partial charge on any atom is 0.451 e. The predicted molar refractivity (Wildman–Crippen MR) is 441 cm³/mol. The summed E-state index contributed by atoms with van der Waals surface area (Å²) in [4.78, 5) is 64.0.